The molecule has 0 saturated heterocycles. The summed E-state index contributed by atoms with van der Waals surface area (Å²) in [6.45, 7) is 0.376. The van der Waals surface area contributed by atoms with Crippen LogP contribution >= 0.6 is 0 Å². The Labute approximate surface area is 75.3 Å². The van der Waals surface area contributed by atoms with E-state index in [1.54, 1.807) is 0 Å². The lowest BCUT2D eigenvalue weighted by molar-refractivity contribution is 0.367. The van der Waals surface area contributed by atoms with Crippen LogP contribution in [0.4, 0.5) is 8.78 Å². The first-order chi connectivity index (χ1) is 6.20. The van der Waals surface area contributed by atoms with Gasteiger partial charge < -0.3 is 10.5 Å². The lowest BCUT2D eigenvalue weighted by atomic mass is 10.1. The summed E-state index contributed by atoms with van der Waals surface area (Å²) in [6.07, 6.45) is 0.473. The highest BCUT2D eigenvalue weighted by atomic mass is 19.2. The molecule has 0 amide bonds. The SMILES string of the molecule is COc1c(CCN)ccc(F)c1F. The van der Waals surface area contributed by atoms with E-state index in [0.29, 0.717) is 18.5 Å². The van der Waals surface area contributed by atoms with E-state index in [1.807, 2.05) is 0 Å². The Hall–Kier alpha value is -1.16. The Morgan fingerprint density at radius 1 is 1.38 bits per heavy atom. The molecule has 72 valence electrons. The van der Waals surface area contributed by atoms with Crippen molar-refractivity contribution < 1.29 is 13.5 Å². The molecular weight excluding hydrogens is 176 g/mol. The van der Waals surface area contributed by atoms with Gasteiger partial charge in [0, 0.05) is 0 Å². The van der Waals surface area contributed by atoms with Crippen molar-refractivity contribution in [2.45, 2.75) is 6.42 Å². The third-order valence-corrected chi connectivity index (χ3v) is 1.75. The summed E-state index contributed by atoms with van der Waals surface area (Å²) < 4.78 is 30.5. The normalized spacial score (nSPS) is 10.2. The Bertz CT molecular complexity index is 302. The minimum absolute atomic E-state index is 0.0505. The zero-order chi connectivity index (χ0) is 9.84. The third kappa shape index (κ3) is 1.95. The van der Waals surface area contributed by atoms with Gasteiger partial charge in [-0.2, -0.15) is 4.39 Å². The topological polar surface area (TPSA) is 35.2 Å². The molecular formula is C9H11F2NO. The molecule has 13 heavy (non-hydrogen) atoms. The van der Waals surface area contributed by atoms with E-state index >= 15 is 0 Å². The lowest BCUT2D eigenvalue weighted by Crippen LogP contribution is -2.06. The van der Waals surface area contributed by atoms with Crippen molar-refractivity contribution in [2.75, 3.05) is 13.7 Å². The van der Waals surface area contributed by atoms with Crippen LogP contribution in [0.5, 0.6) is 5.75 Å². The second-order valence-corrected chi connectivity index (χ2v) is 2.59. The van der Waals surface area contributed by atoms with Crippen molar-refractivity contribution in [1.82, 2.24) is 0 Å². The number of hydrogen-bond acceptors (Lipinski definition) is 2. The van der Waals surface area contributed by atoms with Crippen molar-refractivity contribution in [3.8, 4) is 5.75 Å². The largest absolute Gasteiger partial charge is 0.493 e. The highest BCUT2D eigenvalue weighted by molar-refractivity contribution is 5.35. The fourth-order valence-corrected chi connectivity index (χ4v) is 1.15. The minimum Gasteiger partial charge on any atom is -0.493 e. The molecule has 0 heterocycles. The van der Waals surface area contributed by atoms with Gasteiger partial charge in [-0.15, -0.1) is 0 Å². The van der Waals surface area contributed by atoms with Gasteiger partial charge in [0.2, 0.25) is 5.82 Å². The van der Waals surface area contributed by atoms with Crippen LogP contribution in [0.2, 0.25) is 0 Å². The van der Waals surface area contributed by atoms with Gasteiger partial charge in [0.15, 0.2) is 11.6 Å². The summed E-state index contributed by atoms with van der Waals surface area (Å²) in [7, 11) is 1.30. The van der Waals surface area contributed by atoms with E-state index in [2.05, 4.69) is 0 Å². The van der Waals surface area contributed by atoms with Gasteiger partial charge in [-0.1, -0.05) is 6.07 Å². The van der Waals surface area contributed by atoms with Gasteiger partial charge >= 0.3 is 0 Å². The molecule has 0 aromatic heterocycles. The van der Waals surface area contributed by atoms with E-state index in [4.69, 9.17) is 10.5 Å². The molecule has 0 spiro atoms. The van der Waals surface area contributed by atoms with Crippen molar-refractivity contribution in [3.63, 3.8) is 0 Å². The maximum absolute atomic E-state index is 13.0. The predicted octanol–water partition coefficient (Wildman–Crippen LogP) is 1.47. The average molecular weight is 187 g/mol. The van der Waals surface area contributed by atoms with E-state index in [9.17, 15) is 8.78 Å². The first-order valence-electron chi connectivity index (χ1n) is 3.91. The molecule has 2 nitrogen and oxygen atoms in total. The van der Waals surface area contributed by atoms with Crippen LogP contribution < -0.4 is 10.5 Å². The minimum atomic E-state index is -0.951. The van der Waals surface area contributed by atoms with Crippen molar-refractivity contribution in [1.29, 1.82) is 0 Å². The molecule has 2 N–H and O–H groups in total. The Balaban J connectivity index is 3.13. The van der Waals surface area contributed by atoms with Crippen molar-refractivity contribution in [3.05, 3.63) is 29.3 Å². The summed E-state index contributed by atoms with van der Waals surface area (Å²) in [6, 6.07) is 2.55. The van der Waals surface area contributed by atoms with E-state index in [1.165, 1.54) is 13.2 Å². The zero-order valence-corrected chi connectivity index (χ0v) is 7.31. The summed E-state index contributed by atoms with van der Waals surface area (Å²) in [5.41, 5.74) is 5.89. The maximum atomic E-state index is 13.0. The van der Waals surface area contributed by atoms with Crippen LogP contribution in [0.3, 0.4) is 0 Å². The van der Waals surface area contributed by atoms with Crippen LogP contribution in [-0.4, -0.2) is 13.7 Å². The number of benzene rings is 1. The van der Waals surface area contributed by atoms with Crippen LogP contribution in [0, 0.1) is 11.6 Å². The van der Waals surface area contributed by atoms with Gasteiger partial charge in [0.1, 0.15) is 0 Å². The van der Waals surface area contributed by atoms with Crippen LogP contribution in [0.1, 0.15) is 5.56 Å². The number of halogens is 2. The first kappa shape index (κ1) is 9.92. The van der Waals surface area contributed by atoms with Crippen molar-refractivity contribution in [2.24, 2.45) is 5.73 Å². The molecule has 1 aromatic carbocycles. The van der Waals surface area contributed by atoms with Crippen LogP contribution in [0.15, 0.2) is 12.1 Å². The predicted molar refractivity (Wildman–Crippen MR) is 45.7 cm³/mol. The number of nitrogens with two attached hydrogens (primary N) is 1. The molecule has 0 unspecified atom stereocenters. The number of rotatable bonds is 3. The quantitative estimate of drug-likeness (QED) is 0.777. The summed E-state index contributed by atoms with van der Waals surface area (Å²) in [4.78, 5) is 0. The summed E-state index contributed by atoms with van der Waals surface area (Å²) >= 11 is 0. The molecule has 0 bridgehead atoms. The molecule has 1 rings (SSSR count). The first-order valence-corrected chi connectivity index (χ1v) is 3.91. The van der Waals surface area contributed by atoms with Crippen molar-refractivity contribution >= 4 is 0 Å². The third-order valence-electron chi connectivity index (χ3n) is 1.75. The van der Waals surface area contributed by atoms with Gasteiger partial charge in [-0.05, 0) is 24.6 Å². The van der Waals surface area contributed by atoms with Gasteiger partial charge in [0.25, 0.3) is 0 Å². The molecule has 0 fully saturated rings. The second-order valence-electron chi connectivity index (χ2n) is 2.59. The van der Waals surface area contributed by atoms with Gasteiger partial charge in [0.05, 0.1) is 7.11 Å². The lowest BCUT2D eigenvalue weighted by Gasteiger charge is -2.08. The molecule has 4 heteroatoms. The fourth-order valence-electron chi connectivity index (χ4n) is 1.15. The highest BCUT2D eigenvalue weighted by Gasteiger charge is 2.12. The Morgan fingerprint density at radius 2 is 2.08 bits per heavy atom. The van der Waals surface area contributed by atoms with Crippen LogP contribution in [0.25, 0.3) is 0 Å². The highest BCUT2D eigenvalue weighted by Crippen LogP contribution is 2.24. The molecule has 1 aromatic rings. The number of methoxy groups -OCH3 is 1. The van der Waals surface area contributed by atoms with E-state index < -0.39 is 11.6 Å². The number of ether oxygens (including phenoxy) is 1. The fraction of sp³-hybridized carbons (Fsp3) is 0.333. The van der Waals surface area contributed by atoms with E-state index in [0.717, 1.165) is 6.07 Å². The molecule has 0 radical (unpaired) electrons. The summed E-state index contributed by atoms with van der Waals surface area (Å²) in [5.74, 6) is -1.91. The molecule has 0 aliphatic heterocycles. The Kier molecular flexibility index (Phi) is 3.19. The standard InChI is InChI=1S/C9H11F2NO/c1-13-9-6(4-5-12)2-3-7(10)8(9)11/h2-3H,4-5,12H2,1H3. The Morgan fingerprint density at radius 3 is 2.62 bits per heavy atom. The second kappa shape index (κ2) is 4.18. The van der Waals surface area contributed by atoms with E-state index in [-0.39, 0.29) is 5.75 Å². The molecule has 0 aliphatic rings. The summed E-state index contributed by atoms with van der Waals surface area (Å²) in [5, 5.41) is 0. The molecule has 0 aliphatic carbocycles. The zero-order valence-electron chi connectivity index (χ0n) is 7.31. The maximum Gasteiger partial charge on any atom is 0.200 e. The van der Waals surface area contributed by atoms with Gasteiger partial charge in [-0.25, -0.2) is 4.39 Å². The van der Waals surface area contributed by atoms with Gasteiger partial charge in [-0.3, -0.25) is 0 Å². The molecule has 0 saturated carbocycles. The average Bonchev–Trinajstić information content (AvgIpc) is 2.12. The monoisotopic (exact) mass is 187 g/mol. The number of hydrogen-bond donors (Lipinski definition) is 1. The molecule has 0 atom stereocenters. The smallest absolute Gasteiger partial charge is 0.200 e. The van der Waals surface area contributed by atoms with Crippen LogP contribution in [-0.2, 0) is 6.42 Å².